The Morgan fingerprint density at radius 1 is 1.40 bits per heavy atom. The van der Waals surface area contributed by atoms with Crippen LogP contribution in [-0.2, 0) is 25.4 Å². The van der Waals surface area contributed by atoms with Crippen LogP contribution in [0, 0.1) is 4.64 Å². The summed E-state index contributed by atoms with van der Waals surface area (Å²) in [7, 11) is 3.33. The van der Waals surface area contributed by atoms with Crippen LogP contribution in [0.25, 0.3) is 11.2 Å². The topological polar surface area (TPSA) is 73.8 Å². The van der Waals surface area contributed by atoms with Crippen LogP contribution >= 0.6 is 12.2 Å². The van der Waals surface area contributed by atoms with Crippen LogP contribution in [0.2, 0.25) is 0 Å². The Morgan fingerprint density at radius 2 is 2.10 bits per heavy atom. The van der Waals surface area contributed by atoms with Gasteiger partial charge < -0.3 is 9.88 Å². The molecule has 2 heterocycles. The Balaban J connectivity index is 2.35. The summed E-state index contributed by atoms with van der Waals surface area (Å²) in [4.78, 5) is 27.0. The number of aryl methyl sites for hydroxylation is 2. The molecule has 0 aliphatic carbocycles. The zero-order valence-corrected chi connectivity index (χ0v) is 12.5. The number of amides is 1. The fourth-order valence-electron chi connectivity index (χ4n) is 2.08. The summed E-state index contributed by atoms with van der Waals surface area (Å²) in [5.74, 6) is -0.0433. The van der Waals surface area contributed by atoms with Crippen molar-refractivity contribution in [3.63, 3.8) is 0 Å². The molecule has 2 aromatic heterocycles. The average molecular weight is 295 g/mol. The lowest BCUT2D eigenvalue weighted by molar-refractivity contribution is -0.118. The van der Waals surface area contributed by atoms with Gasteiger partial charge in [0.2, 0.25) is 5.91 Å². The number of rotatable bonds is 4. The van der Waals surface area contributed by atoms with E-state index in [-0.39, 0.29) is 11.6 Å². The average Bonchev–Trinajstić information content (AvgIpc) is 2.82. The predicted octanol–water partition coefficient (Wildman–Crippen LogP) is 0.329. The minimum absolute atomic E-state index is 0.0433. The van der Waals surface area contributed by atoms with E-state index in [0.29, 0.717) is 23.4 Å². The standard InChI is InChI=1S/C12H17N5O2S/c1-8(18)13-5-4-6-17-7-14-10-9(17)11(20)16(3)12(19)15(10)2/h7H,4-6H2,1-3H3,(H,13,18). The van der Waals surface area contributed by atoms with Crippen LogP contribution in [0.5, 0.6) is 0 Å². The normalized spacial score (nSPS) is 10.9. The van der Waals surface area contributed by atoms with Gasteiger partial charge in [0.25, 0.3) is 0 Å². The van der Waals surface area contributed by atoms with Crippen LogP contribution in [-0.4, -0.2) is 31.1 Å². The quantitative estimate of drug-likeness (QED) is 0.651. The lowest BCUT2D eigenvalue weighted by atomic mass is 10.4. The Labute approximate surface area is 120 Å². The largest absolute Gasteiger partial charge is 0.356 e. The minimum Gasteiger partial charge on any atom is -0.356 e. The Hall–Kier alpha value is -1.96. The van der Waals surface area contributed by atoms with E-state index in [1.54, 1.807) is 20.4 Å². The highest BCUT2D eigenvalue weighted by molar-refractivity contribution is 7.71. The number of aromatic nitrogens is 4. The number of imidazole rings is 1. The summed E-state index contributed by atoms with van der Waals surface area (Å²) in [6, 6.07) is 0. The third kappa shape index (κ3) is 2.51. The lowest BCUT2D eigenvalue weighted by Gasteiger charge is -2.08. The first-order chi connectivity index (χ1) is 9.43. The van der Waals surface area contributed by atoms with Gasteiger partial charge in [-0.25, -0.2) is 9.78 Å². The summed E-state index contributed by atoms with van der Waals surface area (Å²) < 4.78 is 5.30. The van der Waals surface area contributed by atoms with Gasteiger partial charge >= 0.3 is 5.69 Å². The first kappa shape index (κ1) is 14.4. The molecule has 8 heteroatoms. The van der Waals surface area contributed by atoms with E-state index >= 15 is 0 Å². The first-order valence-electron chi connectivity index (χ1n) is 6.28. The van der Waals surface area contributed by atoms with E-state index < -0.39 is 0 Å². The zero-order chi connectivity index (χ0) is 14.9. The fourth-order valence-corrected chi connectivity index (χ4v) is 2.37. The summed E-state index contributed by atoms with van der Waals surface area (Å²) in [6.45, 7) is 2.77. The molecule has 0 aromatic carbocycles. The van der Waals surface area contributed by atoms with Gasteiger partial charge in [0, 0.05) is 34.1 Å². The first-order valence-corrected chi connectivity index (χ1v) is 6.69. The van der Waals surface area contributed by atoms with Gasteiger partial charge in [-0.2, -0.15) is 0 Å². The summed E-state index contributed by atoms with van der Waals surface area (Å²) >= 11 is 5.32. The fraction of sp³-hybridized carbons (Fsp3) is 0.500. The molecule has 0 spiro atoms. The van der Waals surface area contributed by atoms with Gasteiger partial charge in [-0.1, -0.05) is 12.2 Å². The molecule has 2 aromatic rings. The Kier molecular flexibility index (Phi) is 4.03. The highest BCUT2D eigenvalue weighted by atomic mass is 32.1. The van der Waals surface area contributed by atoms with E-state index in [1.807, 2.05) is 4.57 Å². The molecule has 0 radical (unpaired) electrons. The van der Waals surface area contributed by atoms with Crippen molar-refractivity contribution in [3.05, 3.63) is 21.5 Å². The number of nitrogens with one attached hydrogen (secondary N) is 1. The molecule has 1 amide bonds. The van der Waals surface area contributed by atoms with Crippen molar-refractivity contribution in [1.82, 2.24) is 24.0 Å². The zero-order valence-electron chi connectivity index (χ0n) is 11.7. The molecule has 0 unspecified atom stereocenters. The third-order valence-electron chi connectivity index (χ3n) is 3.17. The van der Waals surface area contributed by atoms with E-state index in [1.165, 1.54) is 16.1 Å². The molecule has 108 valence electrons. The maximum absolute atomic E-state index is 11.9. The van der Waals surface area contributed by atoms with Crippen molar-refractivity contribution in [2.75, 3.05) is 6.54 Å². The van der Waals surface area contributed by atoms with Crippen LogP contribution in [0.15, 0.2) is 11.1 Å². The van der Waals surface area contributed by atoms with Crippen molar-refractivity contribution in [3.8, 4) is 0 Å². The molecule has 0 saturated heterocycles. The Bertz CT molecular complexity index is 770. The van der Waals surface area contributed by atoms with Crippen LogP contribution in [0.4, 0.5) is 0 Å². The lowest BCUT2D eigenvalue weighted by Crippen LogP contribution is -2.28. The van der Waals surface area contributed by atoms with Gasteiger partial charge in [0.15, 0.2) is 5.65 Å². The van der Waals surface area contributed by atoms with E-state index in [9.17, 15) is 9.59 Å². The molecule has 0 atom stereocenters. The van der Waals surface area contributed by atoms with Gasteiger partial charge in [0.1, 0.15) is 10.2 Å². The SMILES string of the molecule is CC(=O)NCCCn1cnc2c1c(=S)n(C)c(=O)n2C. The molecule has 0 aliphatic rings. The van der Waals surface area contributed by atoms with Gasteiger partial charge in [-0.05, 0) is 6.42 Å². The van der Waals surface area contributed by atoms with Crippen molar-refractivity contribution >= 4 is 29.3 Å². The molecule has 0 fully saturated rings. The van der Waals surface area contributed by atoms with E-state index in [4.69, 9.17) is 12.2 Å². The molecule has 0 bridgehead atoms. The van der Waals surface area contributed by atoms with E-state index in [0.717, 1.165) is 11.9 Å². The summed E-state index contributed by atoms with van der Waals surface area (Å²) in [5.41, 5.74) is 1.16. The highest BCUT2D eigenvalue weighted by Gasteiger charge is 2.11. The van der Waals surface area contributed by atoms with Crippen LogP contribution < -0.4 is 11.0 Å². The van der Waals surface area contributed by atoms with Crippen molar-refractivity contribution in [1.29, 1.82) is 0 Å². The second-order valence-electron chi connectivity index (χ2n) is 4.65. The predicted molar refractivity (Wildman–Crippen MR) is 78.1 cm³/mol. The van der Waals surface area contributed by atoms with Gasteiger partial charge in [-0.15, -0.1) is 0 Å². The molecule has 0 saturated carbocycles. The molecule has 7 nitrogen and oxygen atoms in total. The van der Waals surface area contributed by atoms with Crippen molar-refractivity contribution in [2.24, 2.45) is 14.1 Å². The second-order valence-corrected chi connectivity index (χ2v) is 5.04. The van der Waals surface area contributed by atoms with Crippen LogP contribution in [0.1, 0.15) is 13.3 Å². The number of carbonyl (C=O) groups excluding carboxylic acids is 1. The monoisotopic (exact) mass is 295 g/mol. The third-order valence-corrected chi connectivity index (χ3v) is 3.63. The molecule has 0 aliphatic heterocycles. The minimum atomic E-state index is -0.189. The summed E-state index contributed by atoms with van der Waals surface area (Å²) in [5, 5.41) is 2.74. The van der Waals surface area contributed by atoms with E-state index in [2.05, 4.69) is 10.3 Å². The maximum atomic E-state index is 11.9. The summed E-state index contributed by atoms with van der Waals surface area (Å²) in [6.07, 6.45) is 2.44. The smallest absolute Gasteiger partial charge is 0.330 e. The van der Waals surface area contributed by atoms with Crippen molar-refractivity contribution < 1.29 is 4.79 Å². The molecular weight excluding hydrogens is 278 g/mol. The number of nitrogens with zero attached hydrogens (tertiary/aromatic N) is 4. The van der Waals surface area contributed by atoms with Crippen molar-refractivity contribution in [2.45, 2.75) is 19.9 Å². The van der Waals surface area contributed by atoms with Crippen LogP contribution in [0.3, 0.4) is 0 Å². The molecule has 20 heavy (non-hydrogen) atoms. The van der Waals surface area contributed by atoms with Gasteiger partial charge in [0.05, 0.1) is 6.33 Å². The molecule has 1 N–H and O–H groups in total. The second kappa shape index (κ2) is 5.58. The number of carbonyl (C=O) groups is 1. The number of hydrogen-bond acceptors (Lipinski definition) is 4. The van der Waals surface area contributed by atoms with Gasteiger partial charge in [-0.3, -0.25) is 13.9 Å². The number of fused-ring (bicyclic) bond motifs is 1. The maximum Gasteiger partial charge on any atom is 0.330 e. The highest BCUT2D eigenvalue weighted by Crippen LogP contribution is 2.12. The molecule has 2 rings (SSSR count). The molecular formula is C12H17N5O2S. The Morgan fingerprint density at radius 3 is 2.75 bits per heavy atom. The number of hydrogen-bond donors (Lipinski definition) is 1.